The maximum Gasteiger partial charge on any atom is 0.275 e. The minimum absolute atomic E-state index is 0.0625. The number of hydrogen-bond acceptors (Lipinski definition) is 4. The molecular weight excluding hydrogens is 404 g/mol. The molecule has 1 atom stereocenters. The van der Waals surface area contributed by atoms with Crippen LogP contribution in [0.3, 0.4) is 0 Å². The first-order valence-electron chi connectivity index (χ1n) is 9.64. The van der Waals surface area contributed by atoms with E-state index in [0.717, 1.165) is 42.2 Å². The Kier molecular flexibility index (Phi) is 4.62. The molecule has 4 nitrogen and oxygen atoms in total. The van der Waals surface area contributed by atoms with Crippen LogP contribution >= 0.6 is 11.8 Å². The fourth-order valence-electron chi connectivity index (χ4n) is 4.09. The number of nitrogens with zero attached hydrogens (tertiary/aromatic N) is 3. The normalized spacial score (nSPS) is 20.2. The molecule has 0 fully saturated rings. The Morgan fingerprint density at radius 2 is 1.87 bits per heavy atom. The molecule has 3 aromatic rings. The Bertz CT molecular complexity index is 1170. The first kappa shape index (κ1) is 18.9. The van der Waals surface area contributed by atoms with Crippen molar-refractivity contribution >= 4 is 22.7 Å². The van der Waals surface area contributed by atoms with Crippen molar-refractivity contribution in [3.63, 3.8) is 0 Å². The SMILES string of the molecule is O=C(c1ccncc1)N1N=C(c2cc(F)ccc2F)SC12CCCc1ccccc12. The van der Waals surface area contributed by atoms with Gasteiger partial charge in [0.05, 0.1) is 0 Å². The third kappa shape index (κ3) is 3.01. The van der Waals surface area contributed by atoms with E-state index in [1.54, 1.807) is 24.5 Å². The van der Waals surface area contributed by atoms with Crippen molar-refractivity contribution in [3.8, 4) is 0 Å². The van der Waals surface area contributed by atoms with Gasteiger partial charge in [0, 0.05) is 23.5 Å². The van der Waals surface area contributed by atoms with Crippen LogP contribution in [-0.2, 0) is 11.3 Å². The highest BCUT2D eigenvalue weighted by Crippen LogP contribution is 2.54. The first-order valence-corrected chi connectivity index (χ1v) is 10.5. The van der Waals surface area contributed by atoms with Gasteiger partial charge in [-0.3, -0.25) is 9.78 Å². The lowest BCUT2D eigenvalue weighted by molar-refractivity contribution is 0.0628. The van der Waals surface area contributed by atoms with E-state index in [9.17, 15) is 13.6 Å². The zero-order valence-corrected chi connectivity index (χ0v) is 16.7. The van der Waals surface area contributed by atoms with Crippen LogP contribution in [0.15, 0.2) is 72.1 Å². The fourth-order valence-corrected chi connectivity index (χ4v) is 5.56. The number of aromatic nitrogens is 1. The molecule has 1 spiro atoms. The van der Waals surface area contributed by atoms with E-state index < -0.39 is 16.5 Å². The number of benzene rings is 2. The summed E-state index contributed by atoms with van der Waals surface area (Å²) in [5.41, 5.74) is 2.63. The van der Waals surface area contributed by atoms with Crippen molar-refractivity contribution < 1.29 is 13.6 Å². The van der Waals surface area contributed by atoms with Crippen LogP contribution in [0, 0.1) is 11.6 Å². The summed E-state index contributed by atoms with van der Waals surface area (Å²) in [4.78, 5) is 16.6. The summed E-state index contributed by atoms with van der Waals surface area (Å²) >= 11 is 1.32. The number of hydrazone groups is 1. The number of thioether (sulfide) groups is 1. The fraction of sp³-hybridized carbons (Fsp3) is 0.174. The molecule has 1 aliphatic heterocycles. The Balaban J connectivity index is 1.68. The molecule has 5 rings (SSSR count). The highest BCUT2D eigenvalue weighted by atomic mass is 32.2. The summed E-state index contributed by atoms with van der Waals surface area (Å²) in [6.07, 6.45) is 5.52. The van der Waals surface area contributed by atoms with Crippen LogP contribution in [0.5, 0.6) is 0 Å². The van der Waals surface area contributed by atoms with Crippen LogP contribution < -0.4 is 0 Å². The van der Waals surface area contributed by atoms with Crippen molar-refractivity contribution in [2.24, 2.45) is 5.10 Å². The largest absolute Gasteiger partial charge is 0.275 e. The van der Waals surface area contributed by atoms with Crippen LogP contribution in [-0.4, -0.2) is 20.9 Å². The van der Waals surface area contributed by atoms with Gasteiger partial charge in [-0.05, 0) is 60.7 Å². The van der Waals surface area contributed by atoms with E-state index in [2.05, 4.69) is 10.1 Å². The number of amides is 1. The van der Waals surface area contributed by atoms with Crippen LogP contribution in [0.4, 0.5) is 8.78 Å². The zero-order chi connectivity index (χ0) is 20.7. The number of carbonyl (C=O) groups excluding carboxylic acids is 1. The average Bonchev–Trinajstić information content (AvgIpc) is 3.15. The molecule has 0 bridgehead atoms. The molecule has 0 radical (unpaired) electrons. The number of rotatable bonds is 2. The number of hydrogen-bond donors (Lipinski definition) is 0. The molecule has 2 heterocycles. The lowest BCUT2D eigenvalue weighted by atomic mass is 9.86. The Morgan fingerprint density at radius 1 is 1.07 bits per heavy atom. The lowest BCUT2D eigenvalue weighted by Gasteiger charge is -2.40. The van der Waals surface area contributed by atoms with Crippen LogP contribution in [0.2, 0.25) is 0 Å². The highest BCUT2D eigenvalue weighted by molar-refractivity contribution is 8.15. The molecule has 1 aromatic heterocycles. The molecule has 7 heteroatoms. The molecule has 0 saturated heterocycles. The van der Waals surface area contributed by atoms with Gasteiger partial charge >= 0.3 is 0 Å². The maximum atomic E-state index is 14.6. The third-order valence-corrected chi connectivity index (χ3v) is 6.91. The smallest absolute Gasteiger partial charge is 0.267 e. The maximum absolute atomic E-state index is 14.6. The number of aryl methyl sites for hydroxylation is 1. The Morgan fingerprint density at radius 3 is 2.70 bits per heavy atom. The molecule has 1 aliphatic carbocycles. The number of pyridine rings is 1. The molecule has 1 unspecified atom stereocenters. The van der Waals surface area contributed by atoms with Gasteiger partial charge in [-0.25, -0.2) is 13.8 Å². The lowest BCUT2D eigenvalue weighted by Crippen LogP contribution is -2.43. The summed E-state index contributed by atoms with van der Waals surface area (Å²) < 4.78 is 28.4. The van der Waals surface area contributed by atoms with Crippen LogP contribution in [0.1, 0.15) is 39.9 Å². The van der Waals surface area contributed by atoms with Gasteiger partial charge < -0.3 is 0 Å². The topological polar surface area (TPSA) is 45.6 Å². The quantitative estimate of drug-likeness (QED) is 0.578. The summed E-state index contributed by atoms with van der Waals surface area (Å²) in [5.74, 6) is -1.42. The van der Waals surface area contributed by atoms with E-state index in [1.165, 1.54) is 16.8 Å². The summed E-state index contributed by atoms with van der Waals surface area (Å²) in [6, 6.07) is 14.5. The van der Waals surface area contributed by atoms with Crippen molar-refractivity contribution in [1.82, 2.24) is 9.99 Å². The van der Waals surface area contributed by atoms with Crippen molar-refractivity contribution in [2.75, 3.05) is 0 Å². The molecule has 0 N–H and O–H groups in total. The standard InChI is InChI=1S/C23H17F2N3OS/c24-17-7-8-20(25)18(14-17)21-27-28(22(29)16-9-12-26-13-10-16)23(30-21)11-3-5-15-4-1-2-6-19(15)23/h1-2,4,6-10,12-14H,3,5,11H2. The molecule has 30 heavy (non-hydrogen) atoms. The Labute approximate surface area is 176 Å². The Hall–Kier alpha value is -3.06. The molecule has 1 amide bonds. The van der Waals surface area contributed by atoms with Gasteiger partial charge in [0.2, 0.25) is 0 Å². The van der Waals surface area contributed by atoms with E-state index in [0.29, 0.717) is 17.0 Å². The third-order valence-electron chi connectivity index (χ3n) is 5.48. The molecule has 2 aromatic carbocycles. The molecular formula is C23H17F2N3OS. The predicted octanol–water partition coefficient (Wildman–Crippen LogP) is 5.10. The number of carbonyl (C=O) groups is 1. The monoisotopic (exact) mass is 421 g/mol. The minimum atomic E-state index is -0.802. The molecule has 2 aliphatic rings. The second-order valence-corrected chi connectivity index (χ2v) is 8.55. The summed E-state index contributed by atoms with van der Waals surface area (Å²) in [5, 5.41) is 6.30. The second kappa shape index (κ2) is 7.32. The summed E-state index contributed by atoms with van der Waals surface area (Å²) in [6.45, 7) is 0. The highest BCUT2D eigenvalue weighted by Gasteiger charge is 2.51. The predicted molar refractivity (Wildman–Crippen MR) is 112 cm³/mol. The van der Waals surface area contributed by atoms with Gasteiger partial charge in [0.1, 0.15) is 21.5 Å². The summed E-state index contributed by atoms with van der Waals surface area (Å²) in [7, 11) is 0. The number of fused-ring (bicyclic) bond motifs is 2. The van der Waals surface area contributed by atoms with E-state index in [-0.39, 0.29) is 11.5 Å². The average molecular weight is 421 g/mol. The van der Waals surface area contributed by atoms with Gasteiger partial charge in [-0.2, -0.15) is 5.10 Å². The van der Waals surface area contributed by atoms with E-state index in [1.807, 2.05) is 24.3 Å². The number of halogens is 2. The van der Waals surface area contributed by atoms with Crippen molar-refractivity contribution in [2.45, 2.75) is 24.1 Å². The zero-order valence-electron chi connectivity index (χ0n) is 15.9. The van der Waals surface area contributed by atoms with E-state index >= 15 is 0 Å². The first-order chi connectivity index (χ1) is 14.6. The van der Waals surface area contributed by atoms with Gasteiger partial charge in [-0.1, -0.05) is 36.0 Å². The van der Waals surface area contributed by atoms with Crippen molar-refractivity contribution in [3.05, 3.63) is 101 Å². The van der Waals surface area contributed by atoms with Gasteiger partial charge in [-0.15, -0.1) is 0 Å². The van der Waals surface area contributed by atoms with Gasteiger partial charge in [0.15, 0.2) is 0 Å². The molecule has 0 saturated carbocycles. The van der Waals surface area contributed by atoms with Crippen LogP contribution in [0.25, 0.3) is 0 Å². The molecule has 150 valence electrons. The van der Waals surface area contributed by atoms with E-state index in [4.69, 9.17) is 0 Å². The van der Waals surface area contributed by atoms with Gasteiger partial charge in [0.25, 0.3) is 5.91 Å². The second-order valence-electron chi connectivity index (χ2n) is 7.28. The van der Waals surface area contributed by atoms with Crippen molar-refractivity contribution in [1.29, 1.82) is 0 Å². The minimum Gasteiger partial charge on any atom is -0.267 e.